The lowest BCUT2D eigenvalue weighted by Gasteiger charge is -2.19. The molecule has 0 aliphatic carbocycles. The Morgan fingerprint density at radius 1 is 1.15 bits per heavy atom. The number of hydrogen-bond acceptors (Lipinski definition) is 5. The van der Waals surface area contributed by atoms with Crippen LogP contribution in [0.1, 0.15) is 5.69 Å². The van der Waals surface area contributed by atoms with Crippen molar-refractivity contribution in [1.82, 2.24) is 24.6 Å². The molecule has 134 valence electrons. The summed E-state index contributed by atoms with van der Waals surface area (Å²) < 4.78 is 71.3. The topological polar surface area (TPSA) is 89.1 Å². The van der Waals surface area contributed by atoms with Crippen molar-refractivity contribution >= 4 is 16.7 Å². The Morgan fingerprint density at radius 2 is 1.92 bits per heavy atom. The Bertz CT molecular complexity index is 1180. The van der Waals surface area contributed by atoms with E-state index in [-0.39, 0.29) is 34.3 Å². The van der Waals surface area contributed by atoms with Crippen LogP contribution in [0, 0.1) is 0 Å². The Labute approximate surface area is 139 Å². The highest BCUT2D eigenvalue weighted by molar-refractivity contribution is 5.79. The molecule has 4 aromatic heterocycles. The molecule has 0 atom stereocenters. The molecule has 7 nitrogen and oxygen atoms in total. The lowest BCUT2D eigenvalue weighted by atomic mass is 10.1. The van der Waals surface area contributed by atoms with Crippen LogP contribution in [0.2, 0.25) is 0 Å². The van der Waals surface area contributed by atoms with Gasteiger partial charge in [-0.2, -0.15) is 22.0 Å². The van der Waals surface area contributed by atoms with E-state index in [4.69, 9.17) is 4.42 Å². The molecule has 0 aliphatic rings. The van der Waals surface area contributed by atoms with Crippen molar-refractivity contribution in [3.8, 4) is 11.6 Å². The molecule has 4 rings (SSSR count). The van der Waals surface area contributed by atoms with Crippen LogP contribution >= 0.6 is 0 Å². The molecule has 0 aromatic carbocycles. The summed E-state index contributed by atoms with van der Waals surface area (Å²) in [4.78, 5) is 18.2. The molecular weight excluding hydrogens is 365 g/mol. The van der Waals surface area contributed by atoms with Gasteiger partial charge in [-0.25, -0.2) is 4.98 Å². The number of rotatable bonds is 2. The van der Waals surface area contributed by atoms with Crippen molar-refractivity contribution in [2.75, 3.05) is 0 Å². The molecule has 26 heavy (non-hydrogen) atoms. The third-order valence-electron chi connectivity index (χ3n) is 3.70. The number of halogens is 5. The summed E-state index contributed by atoms with van der Waals surface area (Å²) in [5, 5.41) is 7.02. The summed E-state index contributed by atoms with van der Waals surface area (Å²) in [6, 6.07) is 2.90. The molecule has 0 bridgehead atoms. The van der Waals surface area contributed by atoms with Crippen molar-refractivity contribution in [3.63, 3.8) is 0 Å². The Balaban J connectivity index is 2.02. The van der Waals surface area contributed by atoms with E-state index < -0.39 is 23.2 Å². The van der Waals surface area contributed by atoms with E-state index in [0.717, 1.165) is 10.8 Å². The zero-order valence-corrected chi connectivity index (χ0v) is 12.4. The number of nitrogens with zero attached hydrogens (tertiary/aromatic N) is 4. The number of aromatic nitrogens is 5. The molecule has 0 aliphatic heterocycles. The third kappa shape index (κ3) is 2.25. The van der Waals surface area contributed by atoms with E-state index in [1.165, 1.54) is 18.3 Å². The number of fused-ring (bicyclic) bond motifs is 3. The minimum absolute atomic E-state index is 0.0148. The van der Waals surface area contributed by atoms with Crippen LogP contribution in [0.4, 0.5) is 22.0 Å². The van der Waals surface area contributed by atoms with Gasteiger partial charge in [-0.3, -0.25) is 9.20 Å². The van der Waals surface area contributed by atoms with Gasteiger partial charge in [0.05, 0.1) is 5.39 Å². The lowest BCUT2D eigenvalue weighted by Crippen LogP contribution is -2.35. The first-order chi connectivity index (χ1) is 12.2. The summed E-state index contributed by atoms with van der Waals surface area (Å²) in [6.45, 7) is 0. The fourth-order valence-corrected chi connectivity index (χ4v) is 2.47. The molecule has 4 heterocycles. The van der Waals surface area contributed by atoms with Crippen LogP contribution in [-0.4, -0.2) is 30.7 Å². The number of aromatic amines is 1. The van der Waals surface area contributed by atoms with E-state index in [9.17, 15) is 26.7 Å². The number of alkyl halides is 5. The Morgan fingerprint density at radius 3 is 2.58 bits per heavy atom. The number of nitrogens with one attached hydrogen (secondary N) is 1. The van der Waals surface area contributed by atoms with E-state index in [0.29, 0.717) is 0 Å². The van der Waals surface area contributed by atoms with Crippen molar-refractivity contribution in [3.05, 3.63) is 46.7 Å². The molecule has 0 saturated heterocycles. The maximum atomic E-state index is 13.6. The first-order valence-corrected chi connectivity index (χ1v) is 6.95. The summed E-state index contributed by atoms with van der Waals surface area (Å²) >= 11 is 0. The molecular formula is C14H6F5N5O2. The van der Waals surface area contributed by atoms with Gasteiger partial charge < -0.3 is 9.40 Å². The van der Waals surface area contributed by atoms with Gasteiger partial charge in [0.25, 0.3) is 5.89 Å². The van der Waals surface area contributed by atoms with Crippen LogP contribution in [0.3, 0.4) is 0 Å². The maximum absolute atomic E-state index is 13.6. The van der Waals surface area contributed by atoms with E-state index >= 15 is 0 Å². The highest BCUT2D eigenvalue weighted by Gasteiger charge is 2.59. The quantitative estimate of drug-likeness (QED) is 0.548. The molecule has 0 saturated carbocycles. The predicted molar refractivity (Wildman–Crippen MR) is 76.6 cm³/mol. The van der Waals surface area contributed by atoms with Gasteiger partial charge >= 0.3 is 12.1 Å². The monoisotopic (exact) mass is 371 g/mol. The fraction of sp³-hybridized carbons (Fsp3) is 0.143. The van der Waals surface area contributed by atoms with Gasteiger partial charge in [0.2, 0.25) is 6.39 Å². The van der Waals surface area contributed by atoms with Crippen molar-refractivity contribution in [1.29, 1.82) is 0 Å². The van der Waals surface area contributed by atoms with Crippen LogP contribution in [0.15, 0.2) is 40.0 Å². The van der Waals surface area contributed by atoms with Crippen molar-refractivity contribution < 1.29 is 26.4 Å². The Kier molecular flexibility index (Phi) is 3.17. The summed E-state index contributed by atoms with van der Waals surface area (Å²) in [7, 11) is 0. The molecule has 0 unspecified atom stereocenters. The Hall–Kier alpha value is -3.31. The molecule has 0 spiro atoms. The smallest absolute Gasteiger partial charge is 0.422 e. The van der Waals surface area contributed by atoms with Crippen molar-refractivity contribution in [2.45, 2.75) is 12.1 Å². The minimum Gasteiger partial charge on any atom is -0.422 e. The molecule has 0 amide bonds. The second-order valence-electron chi connectivity index (χ2n) is 5.31. The molecule has 0 radical (unpaired) electrons. The summed E-state index contributed by atoms with van der Waals surface area (Å²) in [6.07, 6.45) is -3.54. The van der Waals surface area contributed by atoms with Gasteiger partial charge in [0, 0.05) is 12.3 Å². The normalized spacial score (nSPS) is 13.0. The first kappa shape index (κ1) is 16.2. The highest BCUT2D eigenvalue weighted by Crippen LogP contribution is 2.42. The second-order valence-corrected chi connectivity index (χ2v) is 5.31. The fourth-order valence-electron chi connectivity index (χ4n) is 2.47. The van der Waals surface area contributed by atoms with Gasteiger partial charge in [-0.15, -0.1) is 10.2 Å². The predicted octanol–water partition coefficient (Wildman–Crippen LogP) is 2.88. The number of H-pyrrole nitrogens is 1. The average Bonchev–Trinajstić information content (AvgIpc) is 3.22. The van der Waals surface area contributed by atoms with Crippen molar-refractivity contribution in [2.24, 2.45) is 0 Å². The van der Waals surface area contributed by atoms with Gasteiger partial charge in [-0.05, 0) is 12.1 Å². The highest BCUT2D eigenvalue weighted by atomic mass is 19.4. The van der Waals surface area contributed by atoms with Gasteiger partial charge in [0.15, 0.2) is 5.43 Å². The third-order valence-corrected chi connectivity index (χ3v) is 3.70. The van der Waals surface area contributed by atoms with E-state index in [2.05, 4.69) is 15.2 Å². The number of pyridine rings is 2. The largest absolute Gasteiger partial charge is 0.459 e. The number of hydrogen-bond donors (Lipinski definition) is 1. The molecule has 0 fully saturated rings. The zero-order chi connectivity index (χ0) is 18.7. The van der Waals surface area contributed by atoms with E-state index in [1.807, 2.05) is 4.98 Å². The summed E-state index contributed by atoms with van der Waals surface area (Å²) in [5.74, 6) is -5.21. The average molecular weight is 371 g/mol. The van der Waals surface area contributed by atoms with Crippen LogP contribution < -0.4 is 5.43 Å². The molecule has 1 N–H and O–H groups in total. The lowest BCUT2D eigenvalue weighted by molar-refractivity contribution is -0.290. The zero-order valence-electron chi connectivity index (χ0n) is 12.4. The van der Waals surface area contributed by atoms with Crippen LogP contribution in [-0.2, 0) is 5.92 Å². The van der Waals surface area contributed by atoms with E-state index in [1.54, 1.807) is 0 Å². The van der Waals surface area contributed by atoms with Gasteiger partial charge in [0.1, 0.15) is 22.7 Å². The van der Waals surface area contributed by atoms with Crippen LogP contribution in [0.5, 0.6) is 0 Å². The SMILES string of the molecule is O=c1cc(C(F)(F)C(F)(F)F)[nH]c2c1ccc1nc(-c3nnco3)cn12. The standard InChI is InChI=1S/C14H6F5N5O2/c15-13(16,14(17,18)19)9-3-8(25)6-1-2-10-21-7(12-23-20-5-26-12)4-24(10)11(6)22-9/h1-5H,(H,22,25). The number of imidazole rings is 1. The maximum Gasteiger partial charge on any atom is 0.459 e. The minimum atomic E-state index is -5.86. The molecule has 4 aromatic rings. The second kappa shape index (κ2) is 5.09. The van der Waals surface area contributed by atoms with Crippen LogP contribution in [0.25, 0.3) is 28.3 Å². The molecule has 12 heteroatoms. The van der Waals surface area contributed by atoms with Gasteiger partial charge in [-0.1, -0.05) is 0 Å². The first-order valence-electron chi connectivity index (χ1n) is 6.95. The summed E-state index contributed by atoms with van der Waals surface area (Å²) in [5.41, 5.74) is -2.50.